The van der Waals surface area contributed by atoms with Crippen molar-refractivity contribution in [1.82, 2.24) is 10.2 Å². The van der Waals surface area contributed by atoms with Crippen LogP contribution in [0.1, 0.15) is 44.6 Å². The van der Waals surface area contributed by atoms with Crippen molar-refractivity contribution in [3.05, 3.63) is 34.1 Å². The maximum absolute atomic E-state index is 14.1. The molecule has 21 heavy (non-hydrogen) atoms. The third-order valence-electron chi connectivity index (χ3n) is 5.10. The molecule has 1 spiro atoms. The fourth-order valence-electron chi connectivity index (χ4n) is 3.87. The molecule has 1 N–H and O–H groups in total. The van der Waals surface area contributed by atoms with E-state index in [-0.39, 0.29) is 11.4 Å². The fraction of sp³-hybridized carbons (Fsp3) is 0.647. The van der Waals surface area contributed by atoms with Crippen LogP contribution in [0.2, 0.25) is 0 Å². The Hall–Kier alpha value is -0.450. The van der Waals surface area contributed by atoms with Crippen molar-refractivity contribution in [2.75, 3.05) is 13.1 Å². The van der Waals surface area contributed by atoms with Crippen LogP contribution in [0.15, 0.2) is 22.7 Å². The van der Waals surface area contributed by atoms with Gasteiger partial charge in [0.25, 0.3) is 0 Å². The lowest BCUT2D eigenvalue weighted by molar-refractivity contribution is 0.00547. The molecule has 2 nitrogen and oxygen atoms in total. The van der Waals surface area contributed by atoms with Crippen molar-refractivity contribution in [3.63, 3.8) is 0 Å². The average molecular weight is 355 g/mol. The highest BCUT2D eigenvalue weighted by Crippen LogP contribution is 2.36. The van der Waals surface area contributed by atoms with Gasteiger partial charge in [0, 0.05) is 41.3 Å². The normalized spacial score (nSPS) is 26.1. The molecule has 1 aliphatic heterocycles. The molecule has 0 amide bonds. The smallest absolute Gasteiger partial charge is 0.127 e. The van der Waals surface area contributed by atoms with E-state index in [1.165, 1.54) is 32.1 Å². The first-order chi connectivity index (χ1) is 10.1. The molecular formula is C17H24BrFN2. The molecule has 2 aliphatic rings. The molecule has 3 rings (SSSR count). The SMILES string of the molecule is CC1CN(Cc2cc(Br)ccc2F)C2(CCCCC2)CN1. The quantitative estimate of drug-likeness (QED) is 0.860. The predicted molar refractivity (Wildman–Crippen MR) is 87.8 cm³/mol. The van der Waals surface area contributed by atoms with Gasteiger partial charge in [0.2, 0.25) is 0 Å². The van der Waals surface area contributed by atoms with Gasteiger partial charge in [0.05, 0.1) is 0 Å². The topological polar surface area (TPSA) is 15.3 Å². The van der Waals surface area contributed by atoms with Gasteiger partial charge in [0.1, 0.15) is 5.82 Å². The zero-order chi connectivity index (χ0) is 14.9. The number of halogens is 2. The van der Waals surface area contributed by atoms with Crippen LogP contribution in [0.4, 0.5) is 4.39 Å². The predicted octanol–water partition coefficient (Wildman–Crippen LogP) is 4.08. The lowest BCUT2D eigenvalue weighted by Gasteiger charge is -2.51. The highest BCUT2D eigenvalue weighted by atomic mass is 79.9. The Balaban J connectivity index is 1.84. The molecule has 1 unspecified atom stereocenters. The largest absolute Gasteiger partial charge is 0.311 e. The van der Waals surface area contributed by atoms with Gasteiger partial charge >= 0.3 is 0 Å². The third kappa shape index (κ3) is 3.33. The second-order valence-corrected chi connectivity index (χ2v) is 7.60. The van der Waals surface area contributed by atoms with Crippen LogP contribution in [0.3, 0.4) is 0 Å². The molecule has 116 valence electrons. The minimum Gasteiger partial charge on any atom is -0.311 e. The van der Waals surface area contributed by atoms with Gasteiger partial charge < -0.3 is 5.32 Å². The maximum Gasteiger partial charge on any atom is 0.127 e. The lowest BCUT2D eigenvalue weighted by atomic mass is 9.78. The average Bonchev–Trinajstić information content (AvgIpc) is 2.48. The second kappa shape index (κ2) is 6.35. The van der Waals surface area contributed by atoms with E-state index in [9.17, 15) is 4.39 Å². The van der Waals surface area contributed by atoms with E-state index < -0.39 is 0 Å². The first-order valence-electron chi connectivity index (χ1n) is 8.01. The first kappa shape index (κ1) is 15.4. The Kier molecular flexibility index (Phi) is 4.67. The summed E-state index contributed by atoms with van der Waals surface area (Å²) in [5.74, 6) is -0.0876. The van der Waals surface area contributed by atoms with Crippen LogP contribution in [-0.4, -0.2) is 29.6 Å². The van der Waals surface area contributed by atoms with E-state index in [0.717, 1.165) is 29.7 Å². The van der Waals surface area contributed by atoms with Gasteiger partial charge in [-0.3, -0.25) is 4.90 Å². The Morgan fingerprint density at radius 1 is 1.33 bits per heavy atom. The molecule has 0 aromatic heterocycles. The number of hydrogen-bond donors (Lipinski definition) is 1. The number of rotatable bonds is 2. The van der Waals surface area contributed by atoms with Gasteiger partial charge in [-0.25, -0.2) is 4.39 Å². The van der Waals surface area contributed by atoms with Crippen LogP contribution in [-0.2, 0) is 6.54 Å². The number of hydrogen-bond acceptors (Lipinski definition) is 2. The Morgan fingerprint density at radius 3 is 2.86 bits per heavy atom. The summed E-state index contributed by atoms with van der Waals surface area (Å²) in [7, 11) is 0. The van der Waals surface area contributed by atoms with Gasteiger partial charge in [0.15, 0.2) is 0 Å². The molecule has 1 saturated carbocycles. The molecule has 2 fully saturated rings. The zero-order valence-corrected chi connectivity index (χ0v) is 14.3. The van der Waals surface area contributed by atoms with Crippen molar-refractivity contribution in [2.24, 2.45) is 0 Å². The van der Waals surface area contributed by atoms with Gasteiger partial charge in [-0.2, -0.15) is 0 Å². The van der Waals surface area contributed by atoms with Crippen LogP contribution in [0.25, 0.3) is 0 Å². The third-order valence-corrected chi connectivity index (χ3v) is 5.59. The molecule has 1 heterocycles. The van der Waals surface area contributed by atoms with Crippen LogP contribution < -0.4 is 5.32 Å². The summed E-state index contributed by atoms with van der Waals surface area (Å²) in [5.41, 5.74) is 1.04. The first-order valence-corrected chi connectivity index (χ1v) is 8.81. The number of nitrogens with zero attached hydrogens (tertiary/aromatic N) is 1. The fourth-order valence-corrected chi connectivity index (χ4v) is 4.28. The summed E-state index contributed by atoms with van der Waals surface area (Å²) in [4.78, 5) is 2.54. The molecule has 0 bridgehead atoms. The number of piperazine rings is 1. The van der Waals surface area contributed by atoms with Crippen molar-refractivity contribution >= 4 is 15.9 Å². The van der Waals surface area contributed by atoms with E-state index >= 15 is 0 Å². The summed E-state index contributed by atoms with van der Waals surface area (Å²) < 4.78 is 15.1. The summed E-state index contributed by atoms with van der Waals surface area (Å²) in [6, 6.07) is 5.75. The lowest BCUT2D eigenvalue weighted by Crippen LogP contribution is -2.64. The molecule has 0 radical (unpaired) electrons. The van der Waals surface area contributed by atoms with Crippen LogP contribution >= 0.6 is 15.9 Å². The second-order valence-electron chi connectivity index (χ2n) is 6.68. The molecule has 4 heteroatoms. The molecule has 1 aromatic carbocycles. The van der Waals surface area contributed by atoms with Crippen molar-refractivity contribution in [3.8, 4) is 0 Å². The Morgan fingerprint density at radius 2 is 2.10 bits per heavy atom. The highest BCUT2D eigenvalue weighted by molar-refractivity contribution is 9.10. The monoisotopic (exact) mass is 354 g/mol. The van der Waals surface area contributed by atoms with Gasteiger partial charge in [-0.1, -0.05) is 35.2 Å². The van der Waals surface area contributed by atoms with E-state index in [1.54, 1.807) is 12.1 Å². The number of benzene rings is 1. The minimum absolute atomic E-state index is 0.0876. The summed E-state index contributed by atoms with van der Waals surface area (Å²) in [5, 5.41) is 3.64. The van der Waals surface area contributed by atoms with Gasteiger partial charge in [-0.15, -0.1) is 0 Å². The standard InChI is InChI=1S/C17H24BrFN2/c1-13-10-21(11-14-9-15(18)5-6-16(14)19)17(12-20-13)7-3-2-4-8-17/h5-6,9,13,20H,2-4,7-8,10-12H2,1H3. The van der Waals surface area contributed by atoms with E-state index in [4.69, 9.17) is 0 Å². The molecule has 1 atom stereocenters. The van der Waals surface area contributed by atoms with Crippen LogP contribution in [0.5, 0.6) is 0 Å². The van der Waals surface area contributed by atoms with E-state index in [0.29, 0.717) is 6.04 Å². The summed E-state index contributed by atoms with van der Waals surface area (Å²) in [6.07, 6.45) is 6.42. The Bertz CT molecular complexity index is 500. The maximum atomic E-state index is 14.1. The van der Waals surface area contributed by atoms with Crippen molar-refractivity contribution in [2.45, 2.75) is 57.2 Å². The minimum atomic E-state index is -0.0876. The summed E-state index contributed by atoms with van der Waals surface area (Å²) >= 11 is 3.46. The van der Waals surface area contributed by atoms with Gasteiger partial charge in [-0.05, 0) is 38.0 Å². The highest BCUT2D eigenvalue weighted by Gasteiger charge is 2.41. The Labute approximate surface area is 135 Å². The van der Waals surface area contributed by atoms with E-state index in [2.05, 4.69) is 33.1 Å². The molecule has 1 aliphatic carbocycles. The van der Waals surface area contributed by atoms with Crippen molar-refractivity contribution < 1.29 is 4.39 Å². The van der Waals surface area contributed by atoms with Crippen LogP contribution in [0, 0.1) is 5.82 Å². The number of nitrogens with one attached hydrogen (secondary N) is 1. The molecule has 1 saturated heterocycles. The molecular weight excluding hydrogens is 331 g/mol. The molecule has 1 aromatic rings. The summed E-state index contributed by atoms with van der Waals surface area (Å²) in [6.45, 7) is 4.99. The zero-order valence-electron chi connectivity index (χ0n) is 12.7. The van der Waals surface area contributed by atoms with Crippen molar-refractivity contribution in [1.29, 1.82) is 0 Å². The van der Waals surface area contributed by atoms with E-state index in [1.807, 2.05) is 6.07 Å².